The van der Waals surface area contributed by atoms with Crippen molar-refractivity contribution in [1.29, 1.82) is 0 Å². The molecule has 3 aromatic rings. The zero-order valence-electron chi connectivity index (χ0n) is 16.0. The molecule has 3 nitrogen and oxygen atoms in total. The minimum Gasteiger partial charge on any atom is -0.496 e. The molecule has 0 aliphatic heterocycles. The Kier molecular flexibility index (Phi) is 5.27. The van der Waals surface area contributed by atoms with E-state index in [-0.39, 0.29) is 5.91 Å². The lowest BCUT2D eigenvalue weighted by Crippen LogP contribution is -2.42. The van der Waals surface area contributed by atoms with Gasteiger partial charge >= 0.3 is 0 Å². The first-order chi connectivity index (χ1) is 13.6. The van der Waals surface area contributed by atoms with Gasteiger partial charge in [-0.25, -0.2) is 0 Å². The third-order valence-electron chi connectivity index (χ3n) is 5.89. The maximum atomic E-state index is 13.6. The largest absolute Gasteiger partial charge is 0.496 e. The third-order valence-corrected chi connectivity index (χ3v) is 6.14. The number of rotatable bonds is 4. The maximum Gasteiger partial charge on any atom is 0.235 e. The summed E-state index contributed by atoms with van der Waals surface area (Å²) in [4.78, 5) is 13.6. The molecule has 0 saturated heterocycles. The minimum atomic E-state index is -0.510. The van der Waals surface area contributed by atoms with E-state index in [1.54, 1.807) is 7.11 Å². The summed E-state index contributed by atoms with van der Waals surface area (Å²) >= 11 is 6.09. The van der Waals surface area contributed by atoms with Crippen molar-refractivity contribution in [2.45, 2.75) is 37.5 Å². The zero-order valence-corrected chi connectivity index (χ0v) is 16.8. The molecule has 1 N–H and O–H groups in total. The summed E-state index contributed by atoms with van der Waals surface area (Å²) < 4.78 is 5.48. The van der Waals surface area contributed by atoms with Crippen molar-refractivity contribution in [3.05, 3.63) is 71.2 Å². The molecule has 0 spiro atoms. The topological polar surface area (TPSA) is 38.3 Å². The highest BCUT2D eigenvalue weighted by atomic mass is 35.5. The average Bonchev–Trinajstić information content (AvgIpc) is 2.75. The molecule has 0 atom stereocenters. The van der Waals surface area contributed by atoms with Crippen molar-refractivity contribution in [2.75, 3.05) is 12.4 Å². The molecule has 1 fully saturated rings. The van der Waals surface area contributed by atoms with Gasteiger partial charge in [0.05, 0.1) is 12.5 Å². The van der Waals surface area contributed by atoms with Gasteiger partial charge in [-0.1, -0.05) is 67.3 Å². The van der Waals surface area contributed by atoms with Gasteiger partial charge in [0.25, 0.3) is 0 Å². The van der Waals surface area contributed by atoms with Crippen molar-refractivity contribution in [2.24, 2.45) is 0 Å². The number of amides is 1. The summed E-state index contributed by atoms with van der Waals surface area (Å²) in [5.41, 5.74) is 1.36. The lowest BCUT2D eigenvalue weighted by molar-refractivity contribution is -0.122. The Balaban J connectivity index is 1.73. The summed E-state index contributed by atoms with van der Waals surface area (Å²) in [6.07, 6.45) is 5.00. The van der Waals surface area contributed by atoms with Crippen LogP contribution >= 0.6 is 11.6 Å². The van der Waals surface area contributed by atoms with Gasteiger partial charge in [0.2, 0.25) is 5.91 Å². The van der Waals surface area contributed by atoms with Gasteiger partial charge in [0, 0.05) is 21.5 Å². The fraction of sp³-hybridized carbons (Fsp3) is 0.292. The summed E-state index contributed by atoms with van der Waals surface area (Å²) in [7, 11) is 1.66. The number of hydrogen-bond acceptors (Lipinski definition) is 2. The van der Waals surface area contributed by atoms with Crippen LogP contribution in [0, 0.1) is 0 Å². The standard InChI is InChI=1S/C24H24ClNO2/c1-28-22-14-13-21(19-7-3-4-8-20(19)22)26-23(27)24(15-5-2-6-16-24)17-9-11-18(25)12-10-17/h3-4,7-14H,2,5-6,15-16H2,1H3,(H,26,27). The molecular formula is C24H24ClNO2. The second-order valence-corrected chi connectivity index (χ2v) is 7.90. The smallest absolute Gasteiger partial charge is 0.235 e. The fourth-order valence-corrected chi connectivity index (χ4v) is 4.50. The second-order valence-electron chi connectivity index (χ2n) is 7.46. The Labute approximate surface area is 170 Å². The van der Waals surface area contributed by atoms with E-state index in [0.29, 0.717) is 5.02 Å². The number of carbonyl (C=O) groups excluding carboxylic acids is 1. The normalized spacial score (nSPS) is 15.9. The molecule has 3 aromatic carbocycles. The lowest BCUT2D eigenvalue weighted by Gasteiger charge is -2.36. The molecule has 1 amide bonds. The van der Waals surface area contributed by atoms with Gasteiger partial charge < -0.3 is 10.1 Å². The molecule has 1 aliphatic rings. The molecule has 4 rings (SSSR count). The molecule has 4 heteroatoms. The van der Waals surface area contributed by atoms with Gasteiger partial charge in [0.15, 0.2) is 0 Å². The minimum absolute atomic E-state index is 0.0600. The first kappa shape index (κ1) is 18.8. The summed E-state index contributed by atoms with van der Waals surface area (Å²) in [6.45, 7) is 0. The second kappa shape index (κ2) is 7.84. The summed E-state index contributed by atoms with van der Waals surface area (Å²) in [5.74, 6) is 0.864. The number of nitrogens with one attached hydrogen (secondary N) is 1. The SMILES string of the molecule is COc1ccc(NC(=O)C2(c3ccc(Cl)cc3)CCCCC2)c2ccccc12. The van der Waals surface area contributed by atoms with Crippen LogP contribution in [0.5, 0.6) is 5.75 Å². The van der Waals surface area contributed by atoms with E-state index < -0.39 is 5.41 Å². The number of methoxy groups -OCH3 is 1. The highest BCUT2D eigenvalue weighted by Gasteiger charge is 2.41. The molecule has 1 saturated carbocycles. The highest BCUT2D eigenvalue weighted by Crippen LogP contribution is 2.41. The Bertz CT molecular complexity index is 991. The lowest BCUT2D eigenvalue weighted by atomic mass is 9.68. The van der Waals surface area contributed by atoms with Crippen molar-refractivity contribution in [3.63, 3.8) is 0 Å². The number of anilines is 1. The van der Waals surface area contributed by atoms with Crippen LogP contribution in [0.2, 0.25) is 5.02 Å². The van der Waals surface area contributed by atoms with Crippen LogP contribution in [0.4, 0.5) is 5.69 Å². The van der Waals surface area contributed by atoms with Crippen molar-refractivity contribution >= 4 is 34.0 Å². The van der Waals surface area contributed by atoms with Gasteiger partial charge in [-0.05, 0) is 42.7 Å². The average molecular weight is 394 g/mol. The van der Waals surface area contributed by atoms with Crippen molar-refractivity contribution < 1.29 is 9.53 Å². The summed E-state index contributed by atoms with van der Waals surface area (Å²) in [5, 5.41) is 5.90. The molecular weight excluding hydrogens is 370 g/mol. The molecule has 144 valence electrons. The van der Waals surface area contributed by atoms with Crippen LogP contribution in [0.25, 0.3) is 10.8 Å². The van der Waals surface area contributed by atoms with Gasteiger partial charge in [-0.3, -0.25) is 4.79 Å². The third kappa shape index (κ3) is 3.35. The Morgan fingerprint density at radius 1 is 0.929 bits per heavy atom. The number of carbonyl (C=O) groups is 1. The van der Waals surface area contributed by atoms with Gasteiger partial charge in [-0.2, -0.15) is 0 Å². The van der Waals surface area contributed by atoms with E-state index in [1.807, 2.05) is 60.7 Å². The molecule has 0 unspecified atom stereocenters. The molecule has 28 heavy (non-hydrogen) atoms. The van der Waals surface area contributed by atoms with Crippen LogP contribution in [0.1, 0.15) is 37.7 Å². The number of fused-ring (bicyclic) bond motifs is 1. The van der Waals surface area contributed by atoms with Crippen LogP contribution in [-0.4, -0.2) is 13.0 Å². The van der Waals surface area contributed by atoms with Gasteiger partial charge in [-0.15, -0.1) is 0 Å². The van der Waals surface area contributed by atoms with E-state index in [2.05, 4.69) is 5.32 Å². The Hall–Kier alpha value is -2.52. The highest BCUT2D eigenvalue weighted by molar-refractivity contribution is 6.30. The van der Waals surface area contributed by atoms with Crippen LogP contribution in [0.15, 0.2) is 60.7 Å². The van der Waals surface area contributed by atoms with Gasteiger partial charge in [0.1, 0.15) is 5.75 Å². The number of halogens is 1. The number of benzene rings is 3. The number of ether oxygens (including phenoxy) is 1. The fourth-order valence-electron chi connectivity index (χ4n) is 4.37. The molecule has 0 heterocycles. The molecule has 0 radical (unpaired) electrons. The molecule has 1 aliphatic carbocycles. The zero-order chi connectivity index (χ0) is 19.6. The summed E-state index contributed by atoms with van der Waals surface area (Å²) in [6, 6.07) is 19.6. The van der Waals surface area contributed by atoms with Crippen molar-refractivity contribution in [1.82, 2.24) is 0 Å². The molecule has 0 aromatic heterocycles. The van der Waals surface area contributed by atoms with E-state index in [4.69, 9.17) is 16.3 Å². The van der Waals surface area contributed by atoms with Crippen molar-refractivity contribution in [3.8, 4) is 5.75 Å². The van der Waals surface area contributed by atoms with E-state index in [9.17, 15) is 4.79 Å². The Morgan fingerprint density at radius 3 is 2.29 bits per heavy atom. The van der Waals surface area contributed by atoms with E-state index in [0.717, 1.165) is 53.5 Å². The number of hydrogen-bond donors (Lipinski definition) is 1. The van der Waals surface area contributed by atoms with Crippen LogP contribution in [0.3, 0.4) is 0 Å². The maximum absolute atomic E-state index is 13.6. The quantitative estimate of drug-likeness (QED) is 0.561. The van der Waals surface area contributed by atoms with E-state index in [1.165, 1.54) is 6.42 Å². The van der Waals surface area contributed by atoms with Crippen LogP contribution in [-0.2, 0) is 10.2 Å². The van der Waals surface area contributed by atoms with Crippen LogP contribution < -0.4 is 10.1 Å². The molecule has 0 bridgehead atoms. The first-order valence-electron chi connectivity index (χ1n) is 9.77. The van der Waals surface area contributed by atoms with E-state index >= 15 is 0 Å². The first-order valence-corrected chi connectivity index (χ1v) is 10.1. The predicted molar refractivity (Wildman–Crippen MR) is 115 cm³/mol. The monoisotopic (exact) mass is 393 g/mol. The predicted octanol–water partition coefficient (Wildman–Crippen LogP) is 6.34. The Morgan fingerprint density at radius 2 is 1.61 bits per heavy atom.